The highest BCUT2D eigenvalue weighted by atomic mass is 19.4. The van der Waals surface area contributed by atoms with Crippen LogP contribution in [0.4, 0.5) is 13.2 Å². The molecule has 0 amide bonds. The molecule has 0 saturated carbocycles. The van der Waals surface area contributed by atoms with Gasteiger partial charge in [0, 0.05) is 19.6 Å². The summed E-state index contributed by atoms with van der Waals surface area (Å²) in [6, 6.07) is 0. The first-order chi connectivity index (χ1) is 6.45. The quantitative estimate of drug-likeness (QED) is 0.648. The van der Waals surface area contributed by atoms with Gasteiger partial charge < -0.3 is 10.2 Å². The first-order valence-electron chi connectivity index (χ1n) is 4.91. The molecule has 0 spiro atoms. The summed E-state index contributed by atoms with van der Waals surface area (Å²) in [6.07, 6.45) is -3.71. The summed E-state index contributed by atoms with van der Waals surface area (Å²) in [5.41, 5.74) is 0. The molecule has 0 bridgehead atoms. The average molecular weight is 212 g/mol. The van der Waals surface area contributed by atoms with Gasteiger partial charge in [-0.15, -0.1) is 0 Å². The van der Waals surface area contributed by atoms with Crippen molar-refractivity contribution in [1.82, 2.24) is 10.2 Å². The zero-order valence-electron chi connectivity index (χ0n) is 8.82. The van der Waals surface area contributed by atoms with Gasteiger partial charge in [0.2, 0.25) is 0 Å². The van der Waals surface area contributed by atoms with Crippen molar-refractivity contribution < 1.29 is 13.2 Å². The Balaban J connectivity index is 3.32. The molecule has 0 saturated heterocycles. The van der Waals surface area contributed by atoms with E-state index in [-0.39, 0.29) is 6.54 Å². The second-order valence-electron chi connectivity index (χ2n) is 3.42. The average Bonchev–Trinajstić information content (AvgIpc) is 2.08. The van der Waals surface area contributed by atoms with E-state index in [4.69, 9.17) is 0 Å². The molecule has 1 N–H and O–H groups in total. The normalized spacial score (nSPS) is 12.4. The Morgan fingerprint density at radius 2 is 1.79 bits per heavy atom. The van der Waals surface area contributed by atoms with Gasteiger partial charge in [0.15, 0.2) is 0 Å². The van der Waals surface area contributed by atoms with E-state index >= 15 is 0 Å². The molecule has 0 atom stereocenters. The van der Waals surface area contributed by atoms with Crippen LogP contribution in [-0.4, -0.2) is 44.3 Å². The molecule has 0 heterocycles. The second kappa shape index (κ2) is 7.06. The molecule has 0 radical (unpaired) electrons. The fourth-order valence-electron chi connectivity index (χ4n) is 1.00. The predicted molar refractivity (Wildman–Crippen MR) is 51.3 cm³/mol. The van der Waals surface area contributed by atoms with Gasteiger partial charge in [0.25, 0.3) is 0 Å². The number of hydrogen-bond acceptors (Lipinski definition) is 2. The Labute approximate surface area is 83.5 Å². The summed E-state index contributed by atoms with van der Waals surface area (Å²) < 4.78 is 35.4. The van der Waals surface area contributed by atoms with Crippen LogP contribution in [0.5, 0.6) is 0 Å². The molecule has 0 aliphatic rings. The van der Waals surface area contributed by atoms with Gasteiger partial charge in [-0.2, -0.15) is 13.2 Å². The number of hydrogen-bond donors (Lipinski definition) is 1. The molecule has 0 aromatic rings. The van der Waals surface area contributed by atoms with Crippen LogP contribution in [0, 0.1) is 0 Å². The van der Waals surface area contributed by atoms with Gasteiger partial charge in [0.1, 0.15) is 0 Å². The number of alkyl halides is 3. The minimum Gasteiger partial charge on any atom is -0.315 e. The summed E-state index contributed by atoms with van der Waals surface area (Å²) in [6.45, 7) is 4.48. The van der Waals surface area contributed by atoms with Crippen molar-refractivity contribution in [2.45, 2.75) is 25.9 Å². The van der Waals surface area contributed by atoms with E-state index in [1.165, 1.54) is 0 Å². The van der Waals surface area contributed by atoms with Crippen LogP contribution in [0.15, 0.2) is 0 Å². The number of likely N-dealkylation sites (N-methyl/N-ethyl adjacent to an activating group) is 1. The lowest BCUT2D eigenvalue weighted by Gasteiger charge is -2.17. The molecule has 14 heavy (non-hydrogen) atoms. The standard InChI is InChI=1S/C9H19F3N2/c1-3-5-13-6-8-14(2)7-4-9(10,11)12/h13H,3-8H2,1-2H3. The van der Waals surface area contributed by atoms with Crippen LogP contribution in [0.2, 0.25) is 0 Å². The van der Waals surface area contributed by atoms with Crippen LogP contribution >= 0.6 is 0 Å². The Kier molecular flexibility index (Phi) is 6.92. The monoisotopic (exact) mass is 212 g/mol. The van der Waals surface area contributed by atoms with E-state index in [0.717, 1.165) is 19.5 Å². The lowest BCUT2D eigenvalue weighted by molar-refractivity contribution is -0.137. The van der Waals surface area contributed by atoms with Crippen molar-refractivity contribution >= 4 is 0 Å². The second-order valence-corrected chi connectivity index (χ2v) is 3.42. The van der Waals surface area contributed by atoms with E-state index in [9.17, 15) is 13.2 Å². The SMILES string of the molecule is CCCNCCN(C)CCC(F)(F)F. The first-order valence-corrected chi connectivity index (χ1v) is 4.91. The van der Waals surface area contributed by atoms with Gasteiger partial charge in [-0.1, -0.05) is 6.92 Å². The minimum absolute atomic E-state index is 0.0807. The van der Waals surface area contributed by atoms with Crippen molar-refractivity contribution in [3.63, 3.8) is 0 Å². The van der Waals surface area contributed by atoms with E-state index in [1.807, 2.05) is 0 Å². The third-order valence-corrected chi connectivity index (χ3v) is 1.87. The molecule has 5 heteroatoms. The lowest BCUT2D eigenvalue weighted by Crippen LogP contribution is -2.32. The zero-order chi connectivity index (χ0) is 11.0. The van der Waals surface area contributed by atoms with E-state index in [1.54, 1.807) is 11.9 Å². The number of nitrogens with one attached hydrogen (secondary N) is 1. The fraction of sp³-hybridized carbons (Fsp3) is 1.00. The van der Waals surface area contributed by atoms with Gasteiger partial charge in [-0.3, -0.25) is 0 Å². The smallest absolute Gasteiger partial charge is 0.315 e. The molecule has 86 valence electrons. The predicted octanol–water partition coefficient (Wildman–Crippen LogP) is 1.87. The molecular formula is C9H19F3N2. The van der Waals surface area contributed by atoms with Gasteiger partial charge in [-0.05, 0) is 20.0 Å². The highest BCUT2D eigenvalue weighted by Gasteiger charge is 2.26. The summed E-state index contributed by atoms with van der Waals surface area (Å²) in [5.74, 6) is 0. The molecular weight excluding hydrogens is 193 g/mol. The maximum atomic E-state index is 11.8. The van der Waals surface area contributed by atoms with Crippen molar-refractivity contribution in [1.29, 1.82) is 0 Å². The molecule has 0 unspecified atom stereocenters. The Bertz CT molecular complexity index is 137. The zero-order valence-corrected chi connectivity index (χ0v) is 8.82. The topological polar surface area (TPSA) is 15.3 Å². The Morgan fingerprint density at radius 3 is 2.29 bits per heavy atom. The van der Waals surface area contributed by atoms with Crippen molar-refractivity contribution in [2.24, 2.45) is 0 Å². The molecule has 0 aliphatic heterocycles. The molecule has 0 aromatic carbocycles. The first kappa shape index (κ1) is 13.7. The van der Waals surface area contributed by atoms with Crippen molar-refractivity contribution in [2.75, 3.05) is 33.2 Å². The minimum atomic E-state index is -4.04. The van der Waals surface area contributed by atoms with Crippen molar-refractivity contribution in [3.8, 4) is 0 Å². The van der Waals surface area contributed by atoms with Crippen LogP contribution in [0.1, 0.15) is 19.8 Å². The fourth-order valence-corrected chi connectivity index (χ4v) is 1.00. The maximum Gasteiger partial charge on any atom is 0.390 e. The van der Waals surface area contributed by atoms with Crippen LogP contribution in [0.3, 0.4) is 0 Å². The van der Waals surface area contributed by atoms with E-state index in [2.05, 4.69) is 12.2 Å². The number of nitrogens with zero attached hydrogens (tertiary/aromatic N) is 1. The van der Waals surface area contributed by atoms with Gasteiger partial charge in [-0.25, -0.2) is 0 Å². The molecule has 2 nitrogen and oxygen atoms in total. The molecule has 0 aliphatic carbocycles. The lowest BCUT2D eigenvalue weighted by atomic mass is 10.4. The molecule has 0 aromatic heterocycles. The number of halogens is 3. The molecule has 0 fully saturated rings. The van der Waals surface area contributed by atoms with Gasteiger partial charge >= 0.3 is 6.18 Å². The van der Waals surface area contributed by atoms with E-state index in [0.29, 0.717) is 6.54 Å². The number of rotatable bonds is 7. The summed E-state index contributed by atoms with van der Waals surface area (Å²) in [7, 11) is 1.71. The van der Waals surface area contributed by atoms with E-state index < -0.39 is 12.6 Å². The third-order valence-electron chi connectivity index (χ3n) is 1.87. The summed E-state index contributed by atoms with van der Waals surface area (Å²) in [4.78, 5) is 1.69. The maximum absolute atomic E-state index is 11.8. The van der Waals surface area contributed by atoms with Crippen molar-refractivity contribution in [3.05, 3.63) is 0 Å². The summed E-state index contributed by atoms with van der Waals surface area (Å²) in [5, 5.41) is 3.14. The van der Waals surface area contributed by atoms with Crippen LogP contribution in [0.25, 0.3) is 0 Å². The van der Waals surface area contributed by atoms with Crippen LogP contribution in [-0.2, 0) is 0 Å². The van der Waals surface area contributed by atoms with Crippen LogP contribution < -0.4 is 5.32 Å². The third kappa shape index (κ3) is 9.80. The molecule has 0 rings (SSSR count). The highest BCUT2D eigenvalue weighted by molar-refractivity contribution is 4.58. The Morgan fingerprint density at radius 1 is 1.14 bits per heavy atom. The Hall–Kier alpha value is -0.290. The largest absolute Gasteiger partial charge is 0.390 e. The van der Waals surface area contributed by atoms with Gasteiger partial charge in [0.05, 0.1) is 6.42 Å². The highest BCUT2D eigenvalue weighted by Crippen LogP contribution is 2.19. The summed E-state index contributed by atoms with van der Waals surface area (Å²) >= 11 is 0.